The van der Waals surface area contributed by atoms with E-state index in [4.69, 9.17) is 0 Å². The van der Waals surface area contributed by atoms with Crippen LogP contribution in [0.5, 0.6) is 0 Å². The molecule has 0 bridgehead atoms. The number of hydrogen-bond acceptors (Lipinski definition) is 3. The molecule has 0 aliphatic heterocycles. The zero-order valence-electron chi connectivity index (χ0n) is 13.1. The van der Waals surface area contributed by atoms with Crippen molar-refractivity contribution in [2.24, 2.45) is 0 Å². The van der Waals surface area contributed by atoms with Gasteiger partial charge in [-0.1, -0.05) is 6.07 Å². The Morgan fingerprint density at radius 2 is 1.92 bits per heavy atom. The van der Waals surface area contributed by atoms with Crippen LogP contribution in [0, 0.1) is 5.82 Å². The molecule has 134 valence electrons. The summed E-state index contributed by atoms with van der Waals surface area (Å²) >= 11 is 0. The molecule has 0 atom stereocenters. The molecule has 0 aromatic heterocycles. The van der Waals surface area contributed by atoms with E-state index in [9.17, 15) is 27.2 Å². The highest BCUT2D eigenvalue weighted by atomic mass is 19.4. The van der Waals surface area contributed by atoms with Gasteiger partial charge in [0.2, 0.25) is 5.91 Å². The summed E-state index contributed by atoms with van der Waals surface area (Å²) in [5, 5.41) is 4.81. The molecular weight excluding hydrogens is 330 g/mol. The smallest absolute Gasteiger partial charge is 0.355 e. The number of rotatable bonds is 8. The topological polar surface area (TPSA) is 61.4 Å². The summed E-state index contributed by atoms with van der Waals surface area (Å²) in [4.78, 5) is 24.3. The Labute approximate surface area is 137 Å². The largest absolute Gasteiger partial charge is 0.401 e. The van der Waals surface area contributed by atoms with Crippen molar-refractivity contribution < 1.29 is 27.2 Å². The minimum Gasteiger partial charge on any atom is -0.355 e. The molecule has 0 fully saturated rings. The van der Waals surface area contributed by atoms with Gasteiger partial charge >= 0.3 is 6.18 Å². The zero-order valence-corrected chi connectivity index (χ0v) is 13.1. The first kappa shape index (κ1) is 19.9. The number of benzene rings is 1. The van der Waals surface area contributed by atoms with Gasteiger partial charge in [0, 0.05) is 12.1 Å². The molecule has 5 nitrogen and oxygen atoms in total. The van der Waals surface area contributed by atoms with Crippen LogP contribution >= 0.6 is 0 Å². The lowest BCUT2D eigenvalue weighted by Gasteiger charge is -2.18. The van der Waals surface area contributed by atoms with Gasteiger partial charge in [-0.3, -0.25) is 14.5 Å². The van der Waals surface area contributed by atoms with Crippen LogP contribution in [-0.4, -0.2) is 56.1 Å². The third-order valence-electron chi connectivity index (χ3n) is 2.98. The minimum atomic E-state index is -4.25. The van der Waals surface area contributed by atoms with Gasteiger partial charge in [0.1, 0.15) is 5.82 Å². The molecule has 1 aromatic rings. The number of nitrogens with one attached hydrogen (secondary N) is 2. The van der Waals surface area contributed by atoms with Crippen LogP contribution < -0.4 is 10.6 Å². The Balaban J connectivity index is 2.19. The van der Waals surface area contributed by atoms with E-state index in [1.807, 2.05) is 0 Å². The second-order valence-electron chi connectivity index (χ2n) is 5.25. The van der Waals surface area contributed by atoms with Crippen molar-refractivity contribution in [2.45, 2.75) is 12.6 Å². The molecule has 0 aliphatic carbocycles. The van der Waals surface area contributed by atoms with Crippen LogP contribution in [0.4, 0.5) is 17.6 Å². The van der Waals surface area contributed by atoms with Gasteiger partial charge in [0.25, 0.3) is 5.91 Å². The molecule has 0 heterocycles. The predicted molar refractivity (Wildman–Crippen MR) is 79.9 cm³/mol. The van der Waals surface area contributed by atoms with Gasteiger partial charge in [-0.05, 0) is 38.2 Å². The molecule has 0 unspecified atom stereocenters. The molecule has 1 rings (SSSR count). The first-order valence-corrected chi connectivity index (χ1v) is 7.23. The van der Waals surface area contributed by atoms with Gasteiger partial charge in [-0.25, -0.2) is 4.39 Å². The van der Waals surface area contributed by atoms with E-state index in [1.165, 1.54) is 25.2 Å². The quantitative estimate of drug-likeness (QED) is 0.553. The summed E-state index contributed by atoms with van der Waals surface area (Å²) in [6.45, 7) is -0.940. The van der Waals surface area contributed by atoms with Gasteiger partial charge in [0.15, 0.2) is 0 Å². The van der Waals surface area contributed by atoms with Gasteiger partial charge in [0.05, 0.1) is 13.1 Å². The van der Waals surface area contributed by atoms with Crippen molar-refractivity contribution in [3.63, 3.8) is 0 Å². The van der Waals surface area contributed by atoms with E-state index in [0.717, 1.165) is 11.0 Å². The maximum Gasteiger partial charge on any atom is 0.401 e. The third-order valence-corrected chi connectivity index (χ3v) is 2.98. The molecule has 2 N–H and O–H groups in total. The van der Waals surface area contributed by atoms with Gasteiger partial charge in [-0.15, -0.1) is 0 Å². The standard InChI is InChI=1S/C15H19F4N3O2/c1-22(10-15(17,18)19)7-3-6-20-13(23)9-21-14(24)11-4-2-5-12(16)8-11/h2,4-5,8H,3,6-7,9-10H2,1H3,(H,20,23)(H,21,24). The van der Waals surface area contributed by atoms with E-state index >= 15 is 0 Å². The first-order valence-electron chi connectivity index (χ1n) is 7.23. The number of alkyl halides is 3. The van der Waals surface area contributed by atoms with Crippen molar-refractivity contribution in [3.8, 4) is 0 Å². The monoisotopic (exact) mass is 349 g/mol. The SMILES string of the molecule is CN(CCCNC(=O)CNC(=O)c1cccc(F)c1)CC(F)(F)F. The van der Waals surface area contributed by atoms with Crippen LogP contribution in [0.25, 0.3) is 0 Å². The molecule has 0 saturated heterocycles. The lowest BCUT2D eigenvalue weighted by atomic mass is 10.2. The second kappa shape index (κ2) is 9.21. The number of carbonyl (C=O) groups is 2. The number of amides is 2. The normalized spacial score (nSPS) is 11.4. The molecule has 0 radical (unpaired) electrons. The summed E-state index contributed by atoms with van der Waals surface area (Å²) in [6.07, 6.45) is -3.91. The van der Waals surface area contributed by atoms with E-state index in [2.05, 4.69) is 10.6 Å². The molecule has 0 saturated carbocycles. The number of halogens is 4. The summed E-state index contributed by atoms with van der Waals surface area (Å²) in [6, 6.07) is 5.03. The second-order valence-corrected chi connectivity index (χ2v) is 5.25. The van der Waals surface area contributed by atoms with Crippen LogP contribution in [0.2, 0.25) is 0 Å². The maximum absolute atomic E-state index is 13.0. The third kappa shape index (κ3) is 8.47. The molecule has 2 amide bonds. The van der Waals surface area contributed by atoms with Crippen molar-refractivity contribution in [1.29, 1.82) is 0 Å². The lowest BCUT2D eigenvalue weighted by molar-refractivity contribution is -0.143. The summed E-state index contributed by atoms with van der Waals surface area (Å²) < 4.78 is 49.3. The maximum atomic E-state index is 13.0. The van der Waals surface area contributed by atoms with E-state index in [0.29, 0.717) is 6.42 Å². The fourth-order valence-corrected chi connectivity index (χ4v) is 1.92. The van der Waals surface area contributed by atoms with E-state index < -0.39 is 30.4 Å². The summed E-state index contributed by atoms with van der Waals surface area (Å²) in [5.74, 6) is -1.62. The van der Waals surface area contributed by atoms with Crippen LogP contribution in [-0.2, 0) is 4.79 Å². The average molecular weight is 349 g/mol. The zero-order chi connectivity index (χ0) is 18.2. The predicted octanol–water partition coefficient (Wildman–Crippen LogP) is 1.56. The first-order chi connectivity index (χ1) is 11.2. The van der Waals surface area contributed by atoms with E-state index in [1.54, 1.807) is 0 Å². The Morgan fingerprint density at radius 3 is 2.54 bits per heavy atom. The van der Waals surface area contributed by atoms with Crippen LogP contribution in [0.15, 0.2) is 24.3 Å². The lowest BCUT2D eigenvalue weighted by Crippen LogP contribution is -2.38. The molecule has 1 aromatic carbocycles. The molecule has 24 heavy (non-hydrogen) atoms. The van der Waals surface area contributed by atoms with Crippen LogP contribution in [0.3, 0.4) is 0 Å². The number of nitrogens with zero attached hydrogens (tertiary/aromatic N) is 1. The van der Waals surface area contributed by atoms with Crippen molar-refractivity contribution >= 4 is 11.8 Å². The van der Waals surface area contributed by atoms with E-state index in [-0.39, 0.29) is 25.2 Å². The highest BCUT2D eigenvalue weighted by Gasteiger charge is 2.28. The Bertz CT molecular complexity index is 564. The number of hydrogen-bond donors (Lipinski definition) is 2. The fourth-order valence-electron chi connectivity index (χ4n) is 1.92. The minimum absolute atomic E-state index is 0.0941. The van der Waals surface area contributed by atoms with Gasteiger partial charge in [-0.2, -0.15) is 13.2 Å². The Kier molecular flexibility index (Phi) is 7.63. The summed E-state index contributed by atoms with van der Waals surface area (Å²) in [7, 11) is 1.34. The van der Waals surface area contributed by atoms with Crippen LogP contribution in [0.1, 0.15) is 16.8 Å². The molecule has 0 aliphatic rings. The molecular formula is C15H19F4N3O2. The highest BCUT2D eigenvalue weighted by molar-refractivity contribution is 5.96. The molecule has 9 heteroatoms. The van der Waals surface area contributed by atoms with Crippen molar-refractivity contribution in [1.82, 2.24) is 15.5 Å². The number of carbonyl (C=O) groups excluding carboxylic acids is 2. The summed E-state index contributed by atoms with van der Waals surface area (Å²) in [5.41, 5.74) is 0.0941. The fraction of sp³-hybridized carbons (Fsp3) is 0.467. The highest BCUT2D eigenvalue weighted by Crippen LogP contribution is 2.15. The Hall–Kier alpha value is -2.16. The van der Waals surface area contributed by atoms with Crippen molar-refractivity contribution in [2.75, 3.05) is 33.2 Å². The van der Waals surface area contributed by atoms with Crippen molar-refractivity contribution in [3.05, 3.63) is 35.6 Å². The van der Waals surface area contributed by atoms with Gasteiger partial charge < -0.3 is 10.6 Å². The Morgan fingerprint density at radius 1 is 1.21 bits per heavy atom. The molecule has 0 spiro atoms. The average Bonchev–Trinajstić information content (AvgIpc) is 2.47.